The average molecular weight is 281 g/mol. The van der Waals surface area contributed by atoms with E-state index in [0.717, 1.165) is 5.69 Å². The smallest absolute Gasteiger partial charge is 0.170 e. The highest BCUT2D eigenvalue weighted by molar-refractivity contribution is 5.78. The minimum Gasteiger partial charge on any atom is -0.252 e. The second-order valence-electron chi connectivity index (χ2n) is 5.97. The molecule has 2 rings (SSSR count). The molecule has 1 aromatic carbocycles. The molecule has 0 fully saturated rings. The molecule has 0 saturated carbocycles. The van der Waals surface area contributed by atoms with Gasteiger partial charge < -0.3 is 0 Å². The summed E-state index contributed by atoms with van der Waals surface area (Å²) in [5.41, 5.74) is 4.92. The summed E-state index contributed by atoms with van der Waals surface area (Å²) in [4.78, 5) is 13.1. The van der Waals surface area contributed by atoms with E-state index < -0.39 is 0 Å². The maximum Gasteiger partial charge on any atom is 0.170 e. The largest absolute Gasteiger partial charge is 0.252 e. The lowest BCUT2D eigenvalue weighted by molar-refractivity contribution is 0.832. The van der Waals surface area contributed by atoms with Crippen LogP contribution in [-0.4, -0.2) is 16.2 Å². The molecule has 3 heteroatoms. The molecule has 0 aliphatic heterocycles. The van der Waals surface area contributed by atoms with Crippen LogP contribution >= 0.6 is 0 Å². The molecule has 21 heavy (non-hydrogen) atoms. The Morgan fingerprint density at radius 1 is 0.952 bits per heavy atom. The van der Waals surface area contributed by atoms with Crippen molar-refractivity contribution in [1.29, 1.82) is 0 Å². The van der Waals surface area contributed by atoms with Crippen molar-refractivity contribution in [2.45, 2.75) is 46.5 Å². The van der Waals surface area contributed by atoms with Crippen molar-refractivity contribution < 1.29 is 0 Å². The number of benzene rings is 1. The molecule has 0 unspecified atom stereocenters. The van der Waals surface area contributed by atoms with Crippen molar-refractivity contribution in [1.82, 2.24) is 9.97 Å². The van der Waals surface area contributed by atoms with E-state index in [0.29, 0.717) is 17.7 Å². The van der Waals surface area contributed by atoms with Crippen molar-refractivity contribution in [3.05, 3.63) is 53.1 Å². The van der Waals surface area contributed by atoms with Crippen molar-refractivity contribution in [2.75, 3.05) is 0 Å². The van der Waals surface area contributed by atoms with Crippen molar-refractivity contribution in [3.8, 4) is 0 Å². The van der Waals surface area contributed by atoms with E-state index >= 15 is 0 Å². The molecule has 0 spiro atoms. The second kappa shape index (κ2) is 6.61. The zero-order valence-corrected chi connectivity index (χ0v) is 13.5. The van der Waals surface area contributed by atoms with Crippen LogP contribution in [0.1, 0.15) is 62.0 Å². The maximum absolute atomic E-state index is 4.71. The Labute approximate surface area is 127 Å². The first kappa shape index (κ1) is 15.4. The lowest BCUT2D eigenvalue weighted by atomic mass is 9.91. The summed E-state index contributed by atoms with van der Waals surface area (Å²) in [5, 5.41) is 0. The molecule has 0 bridgehead atoms. The van der Waals surface area contributed by atoms with Crippen LogP contribution in [-0.2, 0) is 0 Å². The Morgan fingerprint density at radius 3 is 1.95 bits per heavy atom. The molecule has 0 atom stereocenters. The van der Waals surface area contributed by atoms with Gasteiger partial charge in [-0.1, -0.05) is 45.4 Å². The van der Waals surface area contributed by atoms with Crippen LogP contribution in [0.15, 0.2) is 35.6 Å². The first-order valence-electron chi connectivity index (χ1n) is 7.44. The number of aryl methyl sites for hydroxylation is 1. The fourth-order valence-electron chi connectivity index (χ4n) is 2.36. The third-order valence-electron chi connectivity index (χ3n) is 3.45. The van der Waals surface area contributed by atoms with Crippen LogP contribution in [0, 0.1) is 6.92 Å². The number of nitrogens with zero attached hydrogens (tertiary/aromatic N) is 3. The van der Waals surface area contributed by atoms with Gasteiger partial charge in [0.15, 0.2) is 5.82 Å². The van der Waals surface area contributed by atoms with E-state index in [1.807, 2.05) is 6.07 Å². The first-order chi connectivity index (χ1) is 9.99. The van der Waals surface area contributed by atoms with Crippen molar-refractivity contribution in [3.63, 3.8) is 0 Å². The number of aliphatic imine (C=N–C) groups is 1. The number of aromatic nitrogens is 2. The number of hydrogen-bond acceptors (Lipinski definition) is 3. The molecule has 0 saturated heterocycles. The maximum atomic E-state index is 4.71. The molecule has 1 aromatic heterocycles. The molecule has 0 radical (unpaired) electrons. The van der Waals surface area contributed by atoms with Crippen molar-refractivity contribution >= 4 is 11.9 Å². The Kier molecular flexibility index (Phi) is 4.84. The highest BCUT2D eigenvalue weighted by atomic mass is 14.9. The van der Waals surface area contributed by atoms with Gasteiger partial charge in [0, 0.05) is 12.4 Å². The number of rotatable bonds is 4. The van der Waals surface area contributed by atoms with Gasteiger partial charge in [0.25, 0.3) is 0 Å². The van der Waals surface area contributed by atoms with Gasteiger partial charge in [-0.3, -0.25) is 4.99 Å². The molecular formula is C18H23N3. The van der Waals surface area contributed by atoms with E-state index in [1.165, 1.54) is 16.7 Å². The van der Waals surface area contributed by atoms with Crippen LogP contribution in [0.5, 0.6) is 0 Å². The topological polar surface area (TPSA) is 38.1 Å². The summed E-state index contributed by atoms with van der Waals surface area (Å²) in [7, 11) is 0. The first-order valence-corrected chi connectivity index (χ1v) is 7.44. The fraction of sp³-hybridized carbons (Fsp3) is 0.389. The van der Waals surface area contributed by atoms with Crippen molar-refractivity contribution in [2.24, 2.45) is 4.99 Å². The molecule has 0 aliphatic carbocycles. The molecule has 2 aromatic rings. The van der Waals surface area contributed by atoms with Gasteiger partial charge in [0.05, 0.1) is 11.9 Å². The van der Waals surface area contributed by atoms with Crippen LogP contribution < -0.4 is 0 Å². The summed E-state index contributed by atoms with van der Waals surface area (Å²) in [6.07, 6.45) is 5.22. The normalized spacial score (nSPS) is 11.8. The highest BCUT2D eigenvalue weighted by Crippen LogP contribution is 2.35. The zero-order valence-electron chi connectivity index (χ0n) is 13.5. The monoisotopic (exact) mass is 281 g/mol. The predicted molar refractivity (Wildman–Crippen MR) is 88.6 cm³/mol. The molecule has 110 valence electrons. The Balaban J connectivity index is 2.52. The molecule has 0 N–H and O–H groups in total. The van der Waals surface area contributed by atoms with Gasteiger partial charge in [0.1, 0.15) is 0 Å². The summed E-state index contributed by atoms with van der Waals surface area (Å²) >= 11 is 0. The molecular weight excluding hydrogens is 258 g/mol. The number of hydrogen-bond donors (Lipinski definition) is 0. The Hall–Kier alpha value is -2.03. The van der Waals surface area contributed by atoms with Gasteiger partial charge in [-0.25, -0.2) is 9.97 Å². The van der Waals surface area contributed by atoms with Gasteiger partial charge in [0.2, 0.25) is 0 Å². The fourth-order valence-corrected chi connectivity index (χ4v) is 2.36. The average Bonchev–Trinajstić information content (AvgIpc) is 2.46. The summed E-state index contributed by atoms with van der Waals surface area (Å²) in [5.74, 6) is 1.51. The minimum atomic E-state index is 0.436. The SMILES string of the molecule is Cc1cc(C(C)C)c(N=Cc2ncccn2)c(C(C)C)c1. The molecule has 0 aliphatic rings. The summed E-state index contributed by atoms with van der Waals surface area (Å²) in [6.45, 7) is 11.0. The standard InChI is InChI=1S/C18H23N3/c1-12(2)15-9-14(5)10-16(13(3)4)18(15)21-11-17-19-7-6-8-20-17/h6-13H,1-5H3. The molecule has 3 nitrogen and oxygen atoms in total. The van der Waals surface area contributed by atoms with E-state index in [9.17, 15) is 0 Å². The van der Waals surface area contributed by atoms with Crippen LogP contribution in [0.4, 0.5) is 5.69 Å². The lowest BCUT2D eigenvalue weighted by Crippen LogP contribution is -1.98. The van der Waals surface area contributed by atoms with E-state index in [-0.39, 0.29) is 0 Å². The minimum absolute atomic E-state index is 0.436. The zero-order chi connectivity index (χ0) is 15.4. The highest BCUT2D eigenvalue weighted by Gasteiger charge is 2.14. The predicted octanol–water partition coefficient (Wildman–Crippen LogP) is 4.78. The third kappa shape index (κ3) is 3.75. The summed E-state index contributed by atoms with van der Waals surface area (Å²) < 4.78 is 0. The van der Waals surface area contributed by atoms with E-state index in [1.54, 1.807) is 18.6 Å². The van der Waals surface area contributed by atoms with E-state index in [4.69, 9.17) is 4.99 Å². The molecule has 0 amide bonds. The Morgan fingerprint density at radius 2 is 1.48 bits per heavy atom. The van der Waals surface area contributed by atoms with E-state index in [2.05, 4.69) is 56.7 Å². The second-order valence-corrected chi connectivity index (χ2v) is 5.97. The lowest BCUT2D eigenvalue weighted by Gasteiger charge is -2.17. The Bertz CT molecular complexity index is 599. The van der Waals surface area contributed by atoms with Gasteiger partial charge >= 0.3 is 0 Å². The summed E-state index contributed by atoms with van der Waals surface area (Å²) in [6, 6.07) is 6.27. The van der Waals surface area contributed by atoms with Crippen LogP contribution in [0.25, 0.3) is 0 Å². The van der Waals surface area contributed by atoms with Gasteiger partial charge in [-0.15, -0.1) is 0 Å². The van der Waals surface area contributed by atoms with Crippen LogP contribution in [0.2, 0.25) is 0 Å². The van der Waals surface area contributed by atoms with Gasteiger partial charge in [-0.05, 0) is 36.0 Å². The van der Waals surface area contributed by atoms with Gasteiger partial charge in [-0.2, -0.15) is 0 Å². The third-order valence-corrected chi connectivity index (χ3v) is 3.45. The molecule has 1 heterocycles. The van der Waals surface area contributed by atoms with Crippen LogP contribution in [0.3, 0.4) is 0 Å². The quantitative estimate of drug-likeness (QED) is 0.756.